The maximum Gasteiger partial charge on any atom is 0.271 e. The molecule has 2 aromatic heterocycles. The summed E-state index contributed by atoms with van der Waals surface area (Å²) in [6.45, 7) is 0. The van der Waals surface area contributed by atoms with Crippen molar-refractivity contribution in [1.82, 2.24) is 15.2 Å². The van der Waals surface area contributed by atoms with Crippen LogP contribution in [-0.4, -0.2) is 15.2 Å². The normalized spacial score (nSPS) is 15.8. The van der Waals surface area contributed by atoms with Crippen LogP contribution in [0.3, 0.4) is 0 Å². The zero-order chi connectivity index (χ0) is 11.1. The molecule has 0 atom stereocenters. The summed E-state index contributed by atoms with van der Waals surface area (Å²) in [5.74, 6) is 0. The quantitative estimate of drug-likeness (QED) is 0.661. The van der Waals surface area contributed by atoms with E-state index in [0.29, 0.717) is 10.2 Å². The molecule has 0 radical (unpaired) electrons. The Labute approximate surface area is 95.6 Å². The molecular weight excluding hydrogens is 226 g/mol. The first-order valence-corrected chi connectivity index (χ1v) is 5.46. The largest absolute Gasteiger partial charge is 0.360 e. The second-order valence-corrected chi connectivity index (χ2v) is 4.33. The van der Waals surface area contributed by atoms with E-state index in [2.05, 4.69) is 15.2 Å². The zero-order valence-electron chi connectivity index (χ0n) is 8.43. The van der Waals surface area contributed by atoms with Crippen LogP contribution in [0.2, 0.25) is 5.02 Å². The summed E-state index contributed by atoms with van der Waals surface area (Å²) in [4.78, 5) is 14.6. The van der Waals surface area contributed by atoms with Crippen molar-refractivity contribution in [3.8, 4) is 0 Å². The van der Waals surface area contributed by atoms with Crippen LogP contribution in [0.15, 0.2) is 17.1 Å². The van der Waals surface area contributed by atoms with E-state index in [1.54, 1.807) is 12.3 Å². The molecule has 0 aliphatic heterocycles. The third kappa shape index (κ3) is 1.61. The first kappa shape index (κ1) is 9.54. The number of aromatic amines is 3. The second kappa shape index (κ2) is 3.42. The molecule has 5 heteroatoms. The van der Waals surface area contributed by atoms with E-state index in [9.17, 15) is 4.79 Å². The summed E-state index contributed by atoms with van der Waals surface area (Å²) in [7, 11) is 0. The topological polar surface area (TPSA) is 64.4 Å². The highest BCUT2D eigenvalue weighted by atomic mass is 35.5. The molecule has 1 fully saturated rings. The minimum absolute atomic E-state index is 0.0971. The standard InChI is InChI=1S/C11H10ClN3O/c12-7-3-8(13-5-7)4-9-10(6-1-2-6)14-15-11(9)16/h3-5,13-14H,1-2H2,(H,15,16). The van der Waals surface area contributed by atoms with Crippen LogP contribution in [0.25, 0.3) is 11.6 Å². The lowest BCUT2D eigenvalue weighted by Crippen LogP contribution is -2.33. The molecule has 3 rings (SSSR count). The van der Waals surface area contributed by atoms with Crippen LogP contribution in [-0.2, 0) is 0 Å². The average Bonchev–Trinajstić information content (AvgIpc) is 2.93. The Bertz CT molecular complexity index is 698. The van der Waals surface area contributed by atoms with Gasteiger partial charge in [0.2, 0.25) is 0 Å². The molecule has 2 heterocycles. The van der Waals surface area contributed by atoms with E-state index < -0.39 is 0 Å². The molecule has 16 heavy (non-hydrogen) atoms. The van der Waals surface area contributed by atoms with Crippen molar-refractivity contribution in [2.24, 2.45) is 0 Å². The van der Waals surface area contributed by atoms with Gasteiger partial charge in [0, 0.05) is 11.9 Å². The summed E-state index contributed by atoms with van der Waals surface area (Å²) >= 11 is 5.80. The highest BCUT2D eigenvalue weighted by Gasteiger charge is 2.14. The molecule has 0 aromatic carbocycles. The highest BCUT2D eigenvalue weighted by Crippen LogP contribution is 2.26. The van der Waals surface area contributed by atoms with Crippen molar-refractivity contribution >= 4 is 23.3 Å². The monoisotopic (exact) mass is 235 g/mol. The van der Waals surface area contributed by atoms with Gasteiger partial charge in [-0.15, -0.1) is 0 Å². The first-order valence-electron chi connectivity index (χ1n) is 5.08. The first-order chi connectivity index (χ1) is 7.74. The maximum atomic E-state index is 11.6. The molecule has 82 valence electrons. The molecular formula is C11H10ClN3O. The van der Waals surface area contributed by atoms with Gasteiger partial charge in [0.25, 0.3) is 5.56 Å². The van der Waals surface area contributed by atoms with Gasteiger partial charge in [-0.1, -0.05) is 11.6 Å². The molecule has 0 amide bonds. The minimum atomic E-state index is -0.0971. The lowest BCUT2D eigenvalue weighted by atomic mass is 10.3. The number of H-pyrrole nitrogens is 3. The molecule has 3 N–H and O–H groups in total. The van der Waals surface area contributed by atoms with Gasteiger partial charge in [-0.3, -0.25) is 15.0 Å². The predicted molar refractivity (Wildman–Crippen MR) is 62.7 cm³/mol. The fourth-order valence-corrected chi connectivity index (χ4v) is 1.89. The fraction of sp³-hybridized carbons (Fsp3) is 0.182. The van der Waals surface area contributed by atoms with Gasteiger partial charge >= 0.3 is 0 Å². The SMILES string of the molecule is O=c1[nH][nH]c(=C2CC2)c1=Cc1cc(Cl)c[nH]1. The Hall–Kier alpha value is -1.68. The van der Waals surface area contributed by atoms with E-state index >= 15 is 0 Å². The smallest absolute Gasteiger partial charge is 0.271 e. The molecule has 1 aliphatic carbocycles. The molecule has 1 aliphatic rings. The number of rotatable bonds is 1. The second-order valence-electron chi connectivity index (χ2n) is 3.89. The van der Waals surface area contributed by atoms with Gasteiger partial charge in [-0.25, -0.2) is 0 Å². The molecule has 2 aromatic rings. The predicted octanol–water partition coefficient (Wildman–Crippen LogP) is 0.458. The zero-order valence-corrected chi connectivity index (χ0v) is 9.19. The van der Waals surface area contributed by atoms with Crippen molar-refractivity contribution in [2.75, 3.05) is 0 Å². The lowest BCUT2D eigenvalue weighted by Gasteiger charge is -1.81. The van der Waals surface area contributed by atoms with E-state index in [1.165, 1.54) is 5.57 Å². The number of aromatic nitrogens is 3. The van der Waals surface area contributed by atoms with Crippen molar-refractivity contribution in [1.29, 1.82) is 0 Å². The van der Waals surface area contributed by atoms with Gasteiger partial charge in [0.05, 0.1) is 15.6 Å². The van der Waals surface area contributed by atoms with E-state index in [0.717, 1.165) is 23.9 Å². The van der Waals surface area contributed by atoms with E-state index in [-0.39, 0.29) is 5.56 Å². The molecule has 4 nitrogen and oxygen atoms in total. The van der Waals surface area contributed by atoms with Crippen LogP contribution in [0, 0.1) is 0 Å². The molecule has 1 saturated carbocycles. The van der Waals surface area contributed by atoms with Crippen LogP contribution >= 0.6 is 11.6 Å². The van der Waals surface area contributed by atoms with Crippen molar-refractivity contribution in [2.45, 2.75) is 12.8 Å². The number of hydrogen-bond acceptors (Lipinski definition) is 1. The Morgan fingerprint density at radius 2 is 2.12 bits per heavy atom. The van der Waals surface area contributed by atoms with Crippen molar-refractivity contribution < 1.29 is 0 Å². The summed E-state index contributed by atoms with van der Waals surface area (Å²) in [5.41, 5.74) is 2.03. The van der Waals surface area contributed by atoms with Gasteiger partial charge in [-0.2, -0.15) is 0 Å². The molecule has 0 saturated heterocycles. The van der Waals surface area contributed by atoms with Crippen LogP contribution in [0.5, 0.6) is 0 Å². The number of halogens is 1. The highest BCUT2D eigenvalue weighted by molar-refractivity contribution is 6.30. The molecule has 0 unspecified atom stereocenters. The number of hydrogen-bond donors (Lipinski definition) is 3. The maximum absolute atomic E-state index is 11.6. The van der Waals surface area contributed by atoms with Crippen LogP contribution < -0.4 is 16.1 Å². The van der Waals surface area contributed by atoms with Gasteiger partial charge in [0.1, 0.15) is 0 Å². The number of nitrogens with one attached hydrogen (secondary N) is 3. The third-order valence-electron chi connectivity index (χ3n) is 2.64. The Balaban J connectivity index is 2.27. The third-order valence-corrected chi connectivity index (χ3v) is 2.86. The van der Waals surface area contributed by atoms with Gasteiger partial charge in [-0.05, 0) is 30.6 Å². The summed E-state index contributed by atoms with van der Waals surface area (Å²) < 4.78 is 0. The van der Waals surface area contributed by atoms with E-state index in [1.807, 2.05) is 6.08 Å². The summed E-state index contributed by atoms with van der Waals surface area (Å²) in [6.07, 6.45) is 5.64. The van der Waals surface area contributed by atoms with Gasteiger partial charge < -0.3 is 4.98 Å². The molecule has 0 bridgehead atoms. The summed E-state index contributed by atoms with van der Waals surface area (Å²) in [6, 6.07) is 1.79. The lowest BCUT2D eigenvalue weighted by molar-refractivity contribution is 1.03. The van der Waals surface area contributed by atoms with Crippen LogP contribution in [0.1, 0.15) is 18.5 Å². The Kier molecular flexibility index (Phi) is 2.04. The van der Waals surface area contributed by atoms with Crippen LogP contribution in [0.4, 0.5) is 0 Å². The molecule has 0 spiro atoms. The van der Waals surface area contributed by atoms with Gasteiger partial charge in [0.15, 0.2) is 0 Å². The Morgan fingerprint density at radius 3 is 2.75 bits per heavy atom. The summed E-state index contributed by atoms with van der Waals surface area (Å²) in [5, 5.41) is 7.75. The van der Waals surface area contributed by atoms with Crippen molar-refractivity contribution in [3.63, 3.8) is 0 Å². The Morgan fingerprint density at radius 1 is 1.31 bits per heavy atom. The van der Waals surface area contributed by atoms with E-state index in [4.69, 9.17) is 11.6 Å². The fourth-order valence-electron chi connectivity index (χ4n) is 1.72. The van der Waals surface area contributed by atoms with Crippen molar-refractivity contribution in [3.05, 3.63) is 43.9 Å². The average molecular weight is 236 g/mol. The minimum Gasteiger partial charge on any atom is -0.360 e.